The van der Waals surface area contributed by atoms with E-state index in [1.54, 1.807) is 6.08 Å². The molecule has 1 nitrogen and oxygen atoms in total. The number of aldehydes is 1. The second-order valence-corrected chi connectivity index (χ2v) is 2.26. The summed E-state index contributed by atoms with van der Waals surface area (Å²) in [5, 5.41) is 0. The maximum Gasteiger partial charge on any atom is 0.142 e. The Bertz CT molecular complexity index is 342. The summed E-state index contributed by atoms with van der Waals surface area (Å²) in [5.74, 6) is 2.52. The van der Waals surface area contributed by atoms with Crippen LogP contribution in [0.5, 0.6) is 0 Å². The van der Waals surface area contributed by atoms with E-state index >= 15 is 0 Å². The van der Waals surface area contributed by atoms with Crippen molar-refractivity contribution >= 4 is 12.4 Å². The zero-order chi connectivity index (χ0) is 8.81. The molecule has 0 N–H and O–H groups in total. The summed E-state index contributed by atoms with van der Waals surface area (Å²) in [7, 11) is 0. The van der Waals surface area contributed by atoms with Crippen LogP contribution in [0.25, 0.3) is 6.08 Å². The maximum atomic E-state index is 10.0. The fourth-order valence-corrected chi connectivity index (χ4v) is 0.883. The van der Waals surface area contributed by atoms with Crippen molar-refractivity contribution < 1.29 is 4.79 Å². The number of carbonyl (C=O) groups excluding carboxylic acids is 1. The first-order valence-electron chi connectivity index (χ1n) is 3.55. The van der Waals surface area contributed by atoms with E-state index < -0.39 is 0 Å². The van der Waals surface area contributed by atoms with Crippen molar-refractivity contribution in [3.63, 3.8) is 0 Å². The third kappa shape index (κ3) is 2.10. The number of rotatable bonds is 2. The van der Waals surface area contributed by atoms with Gasteiger partial charge >= 0.3 is 0 Å². The summed E-state index contributed by atoms with van der Waals surface area (Å²) in [6, 6.07) is 7.44. The average molecular weight is 156 g/mol. The molecule has 1 rings (SSSR count). The normalized spacial score (nSPS) is 9.58. The Labute approximate surface area is 71.7 Å². The van der Waals surface area contributed by atoms with E-state index in [1.165, 1.54) is 6.08 Å². The Balaban J connectivity index is 2.95. The molecule has 12 heavy (non-hydrogen) atoms. The zero-order valence-electron chi connectivity index (χ0n) is 6.53. The second-order valence-electron chi connectivity index (χ2n) is 2.26. The van der Waals surface area contributed by atoms with Crippen molar-refractivity contribution in [2.45, 2.75) is 0 Å². The quantitative estimate of drug-likeness (QED) is 0.363. The number of carbonyl (C=O) groups is 1. The maximum absolute atomic E-state index is 10.0. The number of hydrogen-bond acceptors (Lipinski definition) is 1. The fourth-order valence-electron chi connectivity index (χ4n) is 0.883. The summed E-state index contributed by atoms with van der Waals surface area (Å²) >= 11 is 0. The van der Waals surface area contributed by atoms with E-state index in [0.29, 0.717) is 0 Å². The molecule has 0 aromatic heterocycles. The van der Waals surface area contributed by atoms with E-state index in [1.807, 2.05) is 24.3 Å². The monoisotopic (exact) mass is 156 g/mol. The van der Waals surface area contributed by atoms with E-state index in [-0.39, 0.29) is 0 Å². The van der Waals surface area contributed by atoms with Gasteiger partial charge in [0.25, 0.3) is 0 Å². The van der Waals surface area contributed by atoms with Crippen molar-refractivity contribution in [2.75, 3.05) is 0 Å². The average Bonchev–Trinajstić information content (AvgIpc) is 2.15. The molecule has 0 radical (unpaired) electrons. The summed E-state index contributed by atoms with van der Waals surface area (Å²) in [4.78, 5) is 10.0. The molecule has 0 fully saturated rings. The highest BCUT2D eigenvalue weighted by molar-refractivity contribution is 5.74. The Morgan fingerprint density at radius 3 is 2.92 bits per heavy atom. The summed E-state index contributed by atoms with van der Waals surface area (Å²) < 4.78 is 0. The molecule has 0 aliphatic rings. The molecule has 1 heteroatoms. The first kappa shape index (κ1) is 8.29. The smallest absolute Gasteiger partial charge is 0.142 e. The van der Waals surface area contributed by atoms with Crippen LogP contribution in [-0.4, -0.2) is 6.29 Å². The molecule has 0 unspecified atom stereocenters. The van der Waals surface area contributed by atoms with Crippen LogP contribution in [0.4, 0.5) is 0 Å². The summed E-state index contributed by atoms with van der Waals surface area (Å²) in [6.45, 7) is 0. The Morgan fingerprint density at radius 2 is 2.25 bits per heavy atom. The van der Waals surface area contributed by atoms with Crippen LogP contribution in [0, 0.1) is 12.3 Å². The van der Waals surface area contributed by atoms with Crippen LogP contribution < -0.4 is 0 Å². The first-order chi connectivity index (χ1) is 5.86. The molecule has 58 valence electrons. The van der Waals surface area contributed by atoms with Crippen LogP contribution in [0.15, 0.2) is 30.3 Å². The van der Waals surface area contributed by atoms with Crippen LogP contribution >= 0.6 is 0 Å². The lowest BCUT2D eigenvalue weighted by Crippen LogP contribution is -1.75. The van der Waals surface area contributed by atoms with Gasteiger partial charge in [-0.2, -0.15) is 0 Å². The summed E-state index contributed by atoms with van der Waals surface area (Å²) in [6.07, 6.45) is 9.10. The molecule has 0 amide bonds. The van der Waals surface area contributed by atoms with E-state index in [2.05, 4.69) is 5.92 Å². The number of allylic oxidation sites excluding steroid dienone is 1. The predicted molar refractivity (Wildman–Crippen MR) is 49.5 cm³/mol. The van der Waals surface area contributed by atoms with Gasteiger partial charge in [0.05, 0.1) is 0 Å². The van der Waals surface area contributed by atoms with Crippen molar-refractivity contribution in [1.82, 2.24) is 0 Å². The Hall–Kier alpha value is -1.81. The fraction of sp³-hybridized carbons (Fsp3) is 0. The van der Waals surface area contributed by atoms with Gasteiger partial charge in [-0.25, -0.2) is 0 Å². The van der Waals surface area contributed by atoms with Gasteiger partial charge in [0, 0.05) is 5.56 Å². The molecule has 0 aliphatic carbocycles. The van der Waals surface area contributed by atoms with Gasteiger partial charge < -0.3 is 0 Å². The van der Waals surface area contributed by atoms with Crippen LogP contribution in [0.2, 0.25) is 0 Å². The van der Waals surface area contributed by atoms with Crippen LogP contribution in [0.1, 0.15) is 11.1 Å². The lowest BCUT2D eigenvalue weighted by Gasteiger charge is -1.92. The van der Waals surface area contributed by atoms with Crippen LogP contribution in [0.3, 0.4) is 0 Å². The highest BCUT2D eigenvalue weighted by Crippen LogP contribution is 2.05. The molecular weight excluding hydrogens is 148 g/mol. The lowest BCUT2D eigenvalue weighted by atomic mass is 10.1. The largest absolute Gasteiger partial charge is 0.299 e. The van der Waals surface area contributed by atoms with Gasteiger partial charge in [-0.15, -0.1) is 6.42 Å². The SMILES string of the molecule is C#Cc1cccc(C=CC=O)c1. The zero-order valence-corrected chi connectivity index (χ0v) is 6.53. The lowest BCUT2D eigenvalue weighted by molar-refractivity contribution is -0.104. The molecule has 0 atom stereocenters. The third-order valence-electron chi connectivity index (χ3n) is 1.42. The van der Waals surface area contributed by atoms with Crippen molar-refractivity contribution in [2.24, 2.45) is 0 Å². The number of hydrogen-bond donors (Lipinski definition) is 0. The molecular formula is C11H8O. The van der Waals surface area contributed by atoms with Gasteiger partial charge in [0.2, 0.25) is 0 Å². The van der Waals surface area contributed by atoms with Gasteiger partial charge in [0.15, 0.2) is 0 Å². The predicted octanol–water partition coefficient (Wildman–Crippen LogP) is 1.88. The van der Waals surface area contributed by atoms with Crippen LogP contribution in [-0.2, 0) is 4.79 Å². The minimum atomic E-state index is 0.739. The molecule has 1 aromatic rings. The van der Waals surface area contributed by atoms with Crippen molar-refractivity contribution in [3.8, 4) is 12.3 Å². The molecule has 1 aromatic carbocycles. The second kappa shape index (κ2) is 4.15. The first-order valence-corrected chi connectivity index (χ1v) is 3.55. The van der Waals surface area contributed by atoms with E-state index in [0.717, 1.165) is 17.4 Å². The van der Waals surface area contributed by atoms with Gasteiger partial charge in [-0.3, -0.25) is 4.79 Å². The Morgan fingerprint density at radius 1 is 1.42 bits per heavy atom. The van der Waals surface area contributed by atoms with E-state index in [9.17, 15) is 4.79 Å². The molecule has 0 saturated carbocycles. The minimum absolute atomic E-state index is 0.739. The molecule has 0 aliphatic heterocycles. The topological polar surface area (TPSA) is 17.1 Å². The van der Waals surface area contributed by atoms with E-state index in [4.69, 9.17) is 6.42 Å². The van der Waals surface area contributed by atoms with Crippen molar-refractivity contribution in [3.05, 3.63) is 41.5 Å². The standard InChI is InChI=1S/C11H8O/c1-2-10-5-3-6-11(9-10)7-4-8-12/h1,3-9H. The highest BCUT2D eigenvalue weighted by Gasteiger charge is 1.87. The third-order valence-corrected chi connectivity index (χ3v) is 1.42. The molecule has 0 saturated heterocycles. The Kier molecular flexibility index (Phi) is 2.87. The number of benzene rings is 1. The van der Waals surface area contributed by atoms with Gasteiger partial charge in [-0.05, 0) is 23.8 Å². The summed E-state index contributed by atoms with van der Waals surface area (Å²) in [5.41, 5.74) is 1.76. The van der Waals surface area contributed by atoms with Crippen molar-refractivity contribution in [1.29, 1.82) is 0 Å². The van der Waals surface area contributed by atoms with Gasteiger partial charge in [0.1, 0.15) is 6.29 Å². The molecule has 0 spiro atoms. The highest BCUT2D eigenvalue weighted by atomic mass is 16.1. The molecule has 0 bridgehead atoms. The molecule has 0 heterocycles. The number of terminal acetylenes is 1. The minimum Gasteiger partial charge on any atom is -0.299 e. The van der Waals surface area contributed by atoms with Gasteiger partial charge in [-0.1, -0.05) is 24.1 Å².